The van der Waals surface area contributed by atoms with Crippen molar-refractivity contribution in [3.05, 3.63) is 87.8 Å². The fraction of sp³-hybridized carbons (Fsp3) is 0.174. The summed E-state index contributed by atoms with van der Waals surface area (Å²) in [6.45, 7) is 2.75. The second-order valence-corrected chi connectivity index (χ2v) is 7.55. The molecule has 0 aliphatic heterocycles. The molecule has 0 aliphatic rings. The molecule has 0 radical (unpaired) electrons. The lowest BCUT2D eigenvalue weighted by Crippen LogP contribution is -2.25. The minimum atomic E-state index is -0.356. The SMILES string of the molecule is CCNC(=O)c1cccc(CNC(=O)Cc2ccc(NC(=O)c3ccc(Br)o3)cc2)c1. The summed E-state index contributed by atoms with van der Waals surface area (Å²) in [6, 6.07) is 17.4. The van der Waals surface area contributed by atoms with E-state index in [0.29, 0.717) is 29.0 Å². The van der Waals surface area contributed by atoms with Crippen molar-refractivity contribution in [1.29, 1.82) is 0 Å². The Bertz CT molecular complexity index is 1080. The molecule has 3 N–H and O–H groups in total. The van der Waals surface area contributed by atoms with Crippen molar-refractivity contribution in [1.82, 2.24) is 10.6 Å². The molecule has 0 atom stereocenters. The van der Waals surface area contributed by atoms with E-state index < -0.39 is 0 Å². The molecular weight excluding hydrogens is 462 g/mol. The number of hydrogen-bond donors (Lipinski definition) is 3. The van der Waals surface area contributed by atoms with Crippen LogP contribution in [0.2, 0.25) is 0 Å². The van der Waals surface area contributed by atoms with Gasteiger partial charge in [0.15, 0.2) is 10.4 Å². The Morgan fingerprint density at radius 1 is 0.903 bits per heavy atom. The van der Waals surface area contributed by atoms with Crippen molar-refractivity contribution in [2.75, 3.05) is 11.9 Å². The average Bonchev–Trinajstić information content (AvgIpc) is 3.20. The molecule has 31 heavy (non-hydrogen) atoms. The Labute approximate surface area is 188 Å². The molecule has 0 bridgehead atoms. The van der Waals surface area contributed by atoms with Gasteiger partial charge in [-0.3, -0.25) is 14.4 Å². The van der Waals surface area contributed by atoms with Crippen LogP contribution in [0.25, 0.3) is 0 Å². The topological polar surface area (TPSA) is 100 Å². The Morgan fingerprint density at radius 3 is 2.35 bits per heavy atom. The normalized spacial score (nSPS) is 10.4. The first-order chi connectivity index (χ1) is 14.9. The van der Waals surface area contributed by atoms with Gasteiger partial charge in [0.25, 0.3) is 11.8 Å². The lowest BCUT2D eigenvalue weighted by molar-refractivity contribution is -0.120. The molecule has 1 heterocycles. The highest BCUT2D eigenvalue weighted by atomic mass is 79.9. The van der Waals surface area contributed by atoms with Gasteiger partial charge in [0.05, 0.1) is 6.42 Å². The lowest BCUT2D eigenvalue weighted by Gasteiger charge is -2.08. The van der Waals surface area contributed by atoms with Crippen LogP contribution in [0.3, 0.4) is 0 Å². The molecule has 0 saturated carbocycles. The van der Waals surface area contributed by atoms with Gasteiger partial charge in [-0.25, -0.2) is 0 Å². The maximum absolute atomic E-state index is 12.3. The van der Waals surface area contributed by atoms with E-state index in [0.717, 1.165) is 11.1 Å². The largest absolute Gasteiger partial charge is 0.444 e. The number of carbonyl (C=O) groups excluding carboxylic acids is 3. The van der Waals surface area contributed by atoms with Gasteiger partial charge in [-0.05, 0) is 70.4 Å². The van der Waals surface area contributed by atoms with Gasteiger partial charge < -0.3 is 20.4 Å². The predicted molar refractivity (Wildman–Crippen MR) is 121 cm³/mol. The third-order valence-corrected chi connectivity index (χ3v) is 4.82. The van der Waals surface area contributed by atoms with Crippen LogP contribution in [0.1, 0.15) is 39.0 Å². The third-order valence-electron chi connectivity index (χ3n) is 4.39. The maximum Gasteiger partial charge on any atom is 0.291 e. The number of benzene rings is 2. The van der Waals surface area contributed by atoms with Gasteiger partial charge in [-0.15, -0.1) is 0 Å². The standard InChI is InChI=1S/C23H22BrN3O4/c1-2-25-22(29)17-5-3-4-16(12-17)14-26-21(28)13-15-6-8-18(9-7-15)27-23(30)19-10-11-20(24)31-19/h3-12H,2,13-14H2,1H3,(H,25,29)(H,26,28)(H,27,30). The number of carbonyl (C=O) groups is 3. The van der Waals surface area contributed by atoms with Crippen LogP contribution in [-0.2, 0) is 17.8 Å². The average molecular weight is 484 g/mol. The zero-order valence-corrected chi connectivity index (χ0v) is 18.5. The lowest BCUT2D eigenvalue weighted by atomic mass is 10.1. The van der Waals surface area contributed by atoms with Crippen LogP contribution in [0.5, 0.6) is 0 Å². The van der Waals surface area contributed by atoms with Crippen molar-refractivity contribution in [3.8, 4) is 0 Å². The second-order valence-electron chi connectivity index (χ2n) is 6.77. The predicted octanol–water partition coefficient (Wildman–Crippen LogP) is 3.90. The summed E-state index contributed by atoms with van der Waals surface area (Å²) < 4.78 is 5.70. The van der Waals surface area contributed by atoms with E-state index in [1.54, 1.807) is 54.6 Å². The van der Waals surface area contributed by atoms with E-state index >= 15 is 0 Å². The van der Waals surface area contributed by atoms with E-state index in [-0.39, 0.29) is 29.9 Å². The van der Waals surface area contributed by atoms with Gasteiger partial charge in [0, 0.05) is 24.3 Å². The highest BCUT2D eigenvalue weighted by Gasteiger charge is 2.11. The summed E-state index contributed by atoms with van der Waals surface area (Å²) in [4.78, 5) is 36.3. The molecule has 0 saturated heterocycles. The highest BCUT2D eigenvalue weighted by Crippen LogP contribution is 2.16. The quantitative estimate of drug-likeness (QED) is 0.452. The van der Waals surface area contributed by atoms with E-state index in [1.807, 2.05) is 13.0 Å². The van der Waals surface area contributed by atoms with Gasteiger partial charge in [-0.1, -0.05) is 24.3 Å². The molecule has 1 aromatic heterocycles. The second kappa shape index (κ2) is 10.6. The molecule has 0 unspecified atom stereocenters. The minimum absolute atomic E-state index is 0.137. The molecule has 8 heteroatoms. The van der Waals surface area contributed by atoms with E-state index in [1.165, 1.54) is 0 Å². The maximum atomic E-state index is 12.3. The van der Waals surface area contributed by atoms with Crippen molar-refractivity contribution in [2.45, 2.75) is 19.9 Å². The number of furan rings is 1. The summed E-state index contributed by atoms with van der Waals surface area (Å²) in [5.74, 6) is -0.430. The molecule has 160 valence electrons. The summed E-state index contributed by atoms with van der Waals surface area (Å²) in [7, 11) is 0. The Hall–Kier alpha value is -3.39. The van der Waals surface area contributed by atoms with Crippen LogP contribution in [0.4, 0.5) is 5.69 Å². The molecule has 3 amide bonds. The van der Waals surface area contributed by atoms with Gasteiger partial charge >= 0.3 is 0 Å². The van der Waals surface area contributed by atoms with Crippen LogP contribution < -0.4 is 16.0 Å². The minimum Gasteiger partial charge on any atom is -0.444 e. The van der Waals surface area contributed by atoms with Crippen molar-refractivity contribution < 1.29 is 18.8 Å². The molecule has 7 nitrogen and oxygen atoms in total. The number of rotatable bonds is 8. The van der Waals surface area contributed by atoms with Gasteiger partial charge in [-0.2, -0.15) is 0 Å². The summed E-state index contributed by atoms with van der Waals surface area (Å²) in [5.41, 5.74) is 2.82. The molecule has 3 rings (SSSR count). The summed E-state index contributed by atoms with van der Waals surface area (Å²) in [6.07, 6.45) is 0.204. The molecule has 2 aromatic carbocycles. The van der Waals surface area contributed by atoms with E-state index in [9.17, 15) is 14.4 Å². The third kappa shape index (κ3) is 6.55. The van der Waals surface area contributed by atoms with E-state index in [4.69, 9.17) is 4.42 Å². The number of amides is 3. The first kappa shape index (κ1) is 22.3. The zero-order chi connectivity index (χ0) is 22.2. The molecular formula is C23H22BrN3O4. The Balaban J connectivity index is 1.50. The number of halogens is 1. The number of nitrogens with one attached hydrogen (secondary N) is 3. The van der Waals surface area contributed by atoms with Crippen molar-refractivity contribution in [3.63, 3.8) is 0 Å². The Kier molecular flexibility index (Phi) is 7.61. The van der Waals surface area contributed by atoms with Gasteiger partial charge in [0.1, 0.15) is 0 Å². The van der Waals surface area contributed by atoms with Crippen LogP contribution in [0, 0.1) is 0 Å². The molecule has 0 spiro atoms. The molecule has 3 aromatic rings. The van der Waals surface area contributed by atoms with Gasteiger partial charge in [0.2, 0.25) is 5.91 Å². The highest BCUT2D eigenvalue weighted by molar-refractivity contribution is 9.10. The molecule has 0 aliphatic carbocycles. The summed E-state index contributed by atoms with van der Waals surface area (Å²) in [5, 5.41) is 8.35. The van der Waals surface area contributed by atoms with E-state index in [2.05, 4.69) is 31.9 Å². The van der Waals surface area contributed by atoms with Crippen LogP contribution >= 0.6 is 15.9 Å². The fourth-order valence-electron chi connectivity index (χ4n) is 2.87. The number of hydrogen-bond acceptors (Lipinski definition) is 4. The summed E-state index contributed by atoms with van der Waals surface area (Å²) >= 11 is 3.16. The smallest absolute Gasteiger partial charge is 0.291 e. The van der Waals surface area contributed by atoms with Crippen LogP contribution in [-0.4, -0.2) is 24.3 Å². The fourth-order valence-corrected chi connectivity index (χ4v) is 3.18. The van der Waals surface area contributed by atoms with Crippen LogP contribution in [0.15, 0.2) is 69.8 Å². The first-order valence-corrected chi connectivity index (χ1v) is 10.5. The first-order valence-electron chi connectivity index (χ1n) is 9.74. The Morgan fingerprint density at radius 2 is 1.68 bits per heavy atom. The van der Waals surface area contributed by atoms with Crippen molar-refractivity contribution >= 4 is 39.3 Å². The number of anilines is 1. The van der Waals surface area contributed by atoms with Crippen molar-refractivity contribution in [2.24, 2.45) is 0 Å². The molecule has 0 fully saturated rings. The zero-order valence-electron chi connectivity index (χ0n) is 16.9. The monoisotopic (exact) mass is 483 g/mol.